The summed E-state index contributed by atoms with van der Waals surface area (Å²) in [6.07, 6.45) is 3.13. The molecule has 17 nitrogen and oxygen atoms in total. The van der Waals surface area contributed by atoms with E-state index in [0.29, 0.717) is 4.47 Å². The summed E-state index contributed by atoms with van der Waals surface area (Å²) in [5.74, 6) is -3.80. The first-order valence-electron chi connectivity index (χ1n) is 8.68. The van der Waals surface area contributed by atoms with Crippen molar-refractivity contribution in [3.63, 3.8) is 0 Å². The maximum absolute atomic E-state index is 12.0. The van der Waals surface area contributed by atoms with Crippen LogP contribution in [-0.2, 0) is 4.79 Å². The average molecular weight is 806 g/mol. The Balaban J connectivity index is 0.000000518. The van der Waals surface area contributed by atoms with Crippen LogP contribution in [0.15, 0.2) is 32.0 Å². The molecule has 0 atom stereocenters. The highest BCUT2D eigenvalue weighted by Gasteiger charge is 2.35. The first kappa shape index (κ1) is 36.6. The number of carboxylic acids is 1. The monoisotopic (exact) mass is 803 g/mol. The van der Waals surface area contributed by atoms with E-state index in [1.54, 1.807) is 0 Å². The molecule has 0 saturated carbocycles. The molecule has 3 aromatic rings. The molecule has 27 heteroatoms. The molecular weight excluding hydrogens is 799 g/mol. The highest BCUT2D eigenvalue weighted by molar-refractivity contribution is 9.11. The van der Waals surface area contributed by atoms with Crippen LogP contribution in [0.5, 0.6) is 0 Å². The number of aromatic nitrogens is 6. The fourth-order valence-electron chi connectivity index (χ4n) is 1.62. The van der Waals surface area contributed by atoms with Gasteiger partial charge in [-0.05, 0) is 74.2 Å². The van der Waals surface area contributed by atoms with Crippen molar-refractivity contribution in [2.45, 2.75) is 18.5 Å². The summed E-state index contributed by atoms with van der Waals surface area (Å²) in [5.41, 5.74) is 0. The fraction of sp³-hybridized carbons (Fsp3) is 0.231. The zero-order valence-corrected chi connectivity index (χ0v) is 23.6. The second-order valence-corrected chi connectivity index (χ2v) is 8.78. The molecule has 222 valence electrons. The number of hydrogen-bond acceptors (Lipinski definition) is 10. The van der Waals surface area contributed by atoms with Crippen molar-refractivity contribution in [1.29, 1.82) is 0 Å². The van der Waals surface area contributed by atoms with Crippen LogP contribution in [0.25, 0.3) is 0 Å². The molecule has 40 heavy (non-hydrogen) atoms. The minimum absolute atomic E-state index is 0.0318. The number of carbonyl (C=O) groups is 1. The molecule has 0 aromatic carbocycles. The van der Waals surface area contributed by atoms with Gasteiger partial charge in [-0.3, -0.25) is 0 Å². The number of H-pyrrole nitrogens is 1. The Bertz CT molecular complexity index is 1340. The summed E-state index contributed by atoms with van der Waals surface area (Å²) in [5, 5.41) is 45.3. The summed E-state index contributed by atoms with van der Waals surface area (Å²) >= 11 is 12.3. The van der Waals surface area contributed by atoms with E-state index in [1.807, 2.05) is 0 Å². The van der Waals surface area contributed by atoms with Gasteiger partial charge in [0.1, 0.15) is 13.4 Å². The van der Waals surface area contributed by atoms with E-state index in [2.05, 4.69) is 79.8 Å². The molecule has 0 unspecified atom stereocenters. The lowest BCUT2D eigenvalue weighted by Crippen LogP contribution is -2.19. The van der Waals surface area contributed by atoms with Crippen molar-refractivity contribution in [2.24, 2.45) is 0 Å². The van der Waals surface area contributed by atoms with Crippen LogP contribution in [0.1, 0.15) is 13.1 Å². The molecule has 2 N–H and O–H groups in total. The van der Waals surface area contributed by atoms with Crippen LogP contribution in [0.3, 0.4) is 0 Å². The van der Waals surface area contributed by atoms with Gasteiger partial charge in [-0.25, -0.2) is 4.79 Å². The van der Waals surface area contributed by atoms with Crippen LogP contribution < -0.4 is 0 Å². The molecule has 0 radical (unpaired) electrons. The first-order chi connectivity index (χ1) is 18.2. The Labute approximate surface area is 243 Å². The van der Waals surface area contributed by atoms with Crippen molar-refractivity contribution in [3.05, 3.63) is 62.4 Å². The quantitative estimate of drug-likeness (QED) is 0.129. The first-order valence-corrected chi connectivity index (χ1v) is 11.4. The molecule has 0 aliphatic carbocycles. The van der Waals surface area contributed by atoms with Gasteiger partial charge < -0.3 is 35.4 Å². The number of nitro groups is 3. The molecule has 0 amide bonds. The van der Waals surface area contributed by atoms with Crippen molar-refractivity contribution in [2.75, 3.05) is 0 Å². The Morgan fingerprint density at radius 2 is 1.50 bits per heavy atom. The molecule has 3 heterocycles. The van der Waals surface area contributed by atoms with Gasteiger partial charge in [0.2, 0.25) is 0 Å². The Morgan fingerprint density at radius 1 is 0.975 bits per heavy atom. The van der Waals surface area contributed by atoms with E-state index >= 15 is 0 Å². The lowest BCUT2D eigenvalue weighted by atomic mass is 10.6. The van der Waals surface area contributed by atoms with E-state index in [-0.39, 0.29) is 24.1 Å². The molecule has 3 aromatic heterocycles. The van der Waals surface area contributed by atoms with Crippen LogP contribution in [0.2, 0.25) is 0 Å². The van der Waals surface area contributed by atoms with Crippen molar-refractivity contribution in [3.8, 4) is 0 Å². The number of aromatic amines is 1. The standard InChI is InChI=1S/2C4H2BrF2N3O2.C3H2BrN3O2.C2HClF2O2/c5-2-1-9(4(6)7)8-3(2)10(11)12;5-2-1-8-9(4(6)7)3(2)10(11)12;4-2-1-5-6-3(2)7(8)9;3-2(4,5)1(6)7/h2*1,4H;1H,(H,5,6);(H,6,7). The van der Waals surface area contributed by atoms with Crippen LogP contribution in [-0.4, -0.2) is 61.0 Å². The van der Waals surface area contributed by atoms with Gasteiger partial charge in [-0.2, -0.15) is 26.3 Å². The van der Waals surface area contributed by atoms with Gasteiger partial charge in [0.25, 0.3) is 0 Å². The van der Waals surface area contributed by atoms with Gasteiger partial charge in [-0.15, -0.1) is 9.78 Å². The molecule has 0 fully saturated rings. The molecule has 0 saturated heterocycles. The number of carboxylic acid groups (broad SMARTS) is 1. The summed E-state index contributed by atoms with van der Waals surface area (Å²) < 4.78 is 70.2. The molecule has 0 spiro atoms. The fourth-order valence-corrected chi connectivity index (χ4v) is 2.81. The minimum atomic E-state index is -4.11. The maximum Gasteiger partial charge on any atom is 0.417 e. The van der Waals surface area contributed by atoms with E-state index in [9.17, 15) is 56.7 Å². The van der Waals surface area contributed by atoms with Gasteiger partial charge in [-0.1, -0.05) is 14.9 Å². The number of aliphatic carboxylic acids is 1. The van der Waals surface area contributed by atoms with Gasteiger partial charge in [0, 0.05) is 0 Å². The molecular formula is C13H7Br3ClF6N9O8. The van der Waals surface area contributed by atoms with Gasteiger partial charge >= 0.3 is 41.9 Å². The molecule has 0 bridgehead atoms. The molecule has 0 aliphatic rings. The van der Waals surface area contributed by atoms with Crippen molar-refractivity contribution < 1.29 is 51.0 Å². The summed E-state index contributed by atoms with van der Waals surface area (Å²) in [7, 11) is 0. The Hall–Kier alpha value is -3.39. The minimum Gasteiger partial charge on any atom is -0.476 e. The van der Waals surface area contributed by atoms with Crippen LogP contribution in [0.4, 0.5) is 43.8 Å². The second-order valence-electron chi connectivity index (χ2n) is 5.74. The number of alkyl halides is 7. The number of nitrogens with one attached hydrogen (secondary N) is 1. The topological polar surface area (TPSA) is 231 Å². The third-order valence-corrected chi connectivity index (χ3v) is 4.99. The van der Waals surface area contributed by atoms with E-state index in [4.69, 9.17) is 9.90 Å². The number of rotatable bonds is 6. The maximum atomic E-state index is 12.0. The Kier molecular flexibility index (Phi) is 14.7. The highest BCUT2D eigenvalue weighted by atomic mass is 79.9. The molecule has 3 rings (SSSR count). The smallest absolute Gasteiger partial charge is 0.417 e. The van der Waals surface area contributed by atoms with Crippen molar-refractivity contribution >= 4 is 82.8 Å². The van der Waals surface area contributed by atoms with Gasteiger partial charge in [0.15, 0.2) is 0 Å². The Morgan fingerprint density at radius 3 is 1.73 bits per heavy atom. The summed E-state index contributed by atoms with van der Waals surface area (Å²) in [4.78, 5) is 37.1. The predicted octanol–water partition coefficient (Wildman–Crippen LogP) is 5.88. The number of halogens is 10. The average Bonchev–Trinajstić information content (AvgIpc) is 3.52. The van der Waals surface area contributed by atoms with E-state index in [0.717, 1.165) is 12.4 Å². The van der Waals surface area contributed by atoms with Crippen LogP contribution in [0, 0.1) is 30.3 Å². The lowest BCUT2D eigenvalue weighted by molar-refractivity contribution is -0.395. The van der Waals surface area contributed by atoms with Gasteiger partial charge in [0.05, 0.1) is 23.7 Å². The van der Waals surface area contributed by atoms with E-state index in [1.165, 1.54) is 6.20 Å². The SMILES string of the molecule is O=C(O)C(F)(F)Cl.O=[N+]([O-])c1[nH]ncc1Br.O=[N+]([O-])c1c(Br)cnn1C(F)F.O=[N+]([O-])c1nn(C(F)F)cc1Br. The number of hydrogen-bond donors (Lipinski definition) is 2. The van der Waals surface area contributed by atoms with Crippen LogP contribution >= 0.6 is 59.4 Å². The molecule has 0 aliphatic heterocycles. The third-order valence-electron chi connectivity index (χ3n) is 3.13. The lowest BCUT2D eigenvalue weighted by Gasteiger charge is -1.96. The van der Waals surface area contributed by atoms with Crippen molar-refractivity contribution in [1.82, 2.24) is 29.8 Å². The van der Waals surface area contributed by atoms with E-state index < -0.39 is 50.9 Å². The largest absolute Gasteiger partial charge is 0.476 e. The second kappa shape index (κ2) is 16.0. The number of nitrogens with zero attached hydrogens (tertiary/aromatic N) is 8. The summed E-state index contributed by atoms with van der Waals surface area (Å²) in [6.45, 7) is -5.87. The summed E-state index contributed by atoms with van der Waals surface area (Å²) in [6, 6.07) is 0. The third kappa shape index (κ3) is 11.8. The zero-order chi connectivity index (χ0) is 31.5. The normalized spacial score (nSPS) is 10.5. The highest BCUT2D eigenvalue weighted by Crippen LogP contribution is 2.28. The zero-order valence-electron chi connectivity index (χ0n) is 18.0. The predicted molar refractivity (Wildman–Crippen MR) is 127 cm³/mol.